The summed E-state index contributed by atoms with van der Waals surface area (Å²) in [5.74, 6) is 0. The van der Waals surface area contributed by atoms with Gasteiger partial charge in [0.2, 0.25) is 0 Å². The Morgan fingerprint density at radius 1 is 0.455 bits per heavy atom. The van der Waals surface area contributed by atoms with Crippen molar-refractivity contribution in [1.82, 2.24) is 5.32 Å². The first-order valence-corrected chi connectivity index (χ1v) is 9.84. The fourth-order valence-corrected chi connectivity index (χ4v) is 2.79. The highest BCUT2D eigenvalue weighted by molar-refractivity contribution is 4.66. The monoisotopic (exact) mass is 307 g/mol. The zero-order valence-corrected chi connectivity index (χ0v) is 15.1. The summed E-state index contributed by atoms with van der Waals surface area (Å²) in [6.45, 7) is 9.96. The first-order valence-electron chi connectivity index (χ1n) is 9.84. The molecule has 0 aromatic heterocycles. The summed E-state index contributed by atoms with van der Waals surface area (Å²) in [4.78, 5) is 0. The van der Waals surface area contributed by atoms with Crippen molar-refractivity contribution in [3.63, 3.8) is 0 Å². The lowest BCUT2D eigenvalue weighted by Crippen LogP contribution is -2.16. The van der Waals surface area contributed by atoms with Crippen LogP contribution in [0.5, 0.6) is 0 Å². The van der Waals surface area contributed by atoms with Crippen molar-refractivity contribution in [2.24, 2.45) is 0 Å². The molecule has 1 heteroatoms. The Morgan fingerprint density at radius 2 is 0.773 bits per heavy atom. The number of hydrogen-bond donors (Lipinski definition) is 1. The van der Waals surface area contributed by atoms with Gasteiger partial charge in [-0.1, -0.05) is 69.9 Å². The number of nitrogens with one attached hydrogen (secondary N) is 1. The van der Waals surface area contributed by atoms with Gasteiger partial charge in [-0.2, -0.15) is 0 Å². The quantitative estimate of drug-likeness (QED) is 0.204. The van der Waals surface area contributed by atoms with Gasteiger partial charge in [0.25, 0.3) is 0 Å². The Kier molecular flexibility index (Phi) is 19.9. The molecule has 130 valence electrons. The fourth-order valence-electron chi connectivity index (χ4n) is 2.79. The summed E-state index contributed by atoms with van der Waals surface area (Å²) < 4.78 is 0. The van der Waals surface area contributed by atoms with E-state index in [1.54, 1.807) is 0 Å². The summed E-state index contributed by atoms with van der Waals surface area (Å²) >= 11 is 0. The van der Waals surface area contributed by atoms with Crippen molar-refractivity contribution < 1.29 is 0 Å². The molecule has 0 atom stereocenters. The molecule has 0 fully saturated rings. The summed E-state index contributed by atoms with van der Waals surface area (Å²) in [5.41, 5.74) is 0. The maximum absolute atomic E-state index is 3.76. The summed E-state index contributed by atoms with van der Waals surface area (Å²) in [5, 5.41) is 3.59. The molecule has 1 N–H and O–H groups in total. The van der Waals surface area contributed by atoms with Gasteiger partial charge in [0.15, 0.2) is 0 Å². The average Bonchev–Trinajstić information content (AvgIpc) is 2.54. The second kappa shape index (κ2) is 20.4. The predicted octanol–water partition coefficient (Wildman–Crippen LogP) is 6.80. The second-order valence-corrected chi connectivity index (χ2v) is 6.50. The molecule has 0 aliphatic carbocycles. The Morgan fingerprint density at radius 3 is 1.14 bits per heavy atom. The van der Waals surface area contributed by atoms with E-state index in [1.165, 1.54) is 109 Å². The molecule has 0 aliphatic rings. The molecule has 0 unspecified atom stereocenters. The van der Waals surface area contributed by atoms with Crippen molar-refractivity contribution in [3.8, 4) is 0 Å². The van der Waals surface area contributed by atoms with E-state index in [4.69, 9.17) is 0 Å². The van der Waals surface area contributed by atoms with Crippen LogP contribution in [-0.2, 0) is 0 Å². The van der Waals surface area contributed by atoms with Crippen LogP contribution in [-0.4, -0.2) is 13.1 Å². The normalized spacial score (nSPS) is 10.7. The highest BCUT2D eigenvalue weighted by atomic mass is 14.8. The number of hydrogen-bond acceptors (Lipinski definition) is 1. The van der Waals surface area contributed by atoms with Crippen molar-refractivity contribution in [2.75, 3.05) is 13.1 Å². The SMILES string of the molecule is C=CCCCCCCCCCNCCCCCCCCC=C. The third-order valence-electron chi connectivity index (χ3n) is 4.27. The van der Waals surface area contributed by atoms with Crippen LogP contribution >= 0.6 is 0 Å². The van der Waals surface area contributed by atoms with Crippen LogP contribution in [0.25, 0.3) is 0 Å². The molecule has 0 aromatic carbocycles. The Hall–Kier alpha value is -0.560. The van der Waals surface area contributed by atoms with Gasteiger partial charge < -0.3 is 5.32 Å². The van der Waals surface area contributed by atoms with Crippen LogP contribution in [0.15, 0.2) is 25.3 Å². The maximum Gasteiger partial charge on any atom is -0.00489 e. The molecule has 0 aliphatic heterocycles. The molecular weight excluding hydrogens is 266 g/mol. The lowest BCUT2D eigenvalue weighted by molar-refractivity contribution is 0.537. The molecule has 0 bridgehead atoms. The van der Waals surface area contributed by atoms with Crippen LogP contribution in [0.2, 0.25) is 0 Å². The van der Waals surface area contributed by atoms with Gasteiger partial charge in [-0.25, -0.2) is 0 Å². The van der Waals surface area contributed by atoms with Crippen LogP contribution in [0, 0.1) is 0 Å². The van der Waals surface area contributed by atoms with Gasteiger partial charge in [0, 0.05) is 0 Å². The van der Waals surface area contributed by atoms with E-state index in [0.29, 0.717) is 0 Å². The molecule has 0 radical (unpaired) electrons. The predicted molar refractivity (Wildman–Crippen MR) is 103 cm³/mol. The lowest BCUT2D eigenvalue weighted by atomic mass is 10.1. The topological polar surface area (TPSA) is 12.0 Å². The average molecular weight is 308 g/mol. The number of rotatable bonds is 19. The second-order valence-electron chi connectivity index (χ2n) is 6.50. The zero-order chi connectivity index (χ0) is 16.1. The first kappa shape index (κ1) is 21.4. The van der Waals surface area contributed by atoms with E-state index in [2.05, 4.69) is 18.5 Å². The van der Waals surface area contributed by atoms with Gasteiger partial charge in [-0.05, 0) is 51.6 Å². The molecule has 0 saturated carbocycles. The van der Waals surface area contributed by atoms with Crippen molar-refractivity contribution >= 4 is 0 Å². The minimum atomic E-state index is 1.19. The molecule has 0 amide bonds. The highest BCUT2D eigenvalue weighted by Crippen LogP contribution is 2.09. The van der Waals surface area contributed by atoms with Crippen LogP contribution in [0.1, 0.15) is 96.3 Å². The molecule has 0 spiro atoms. The van der Waals surface area contributed by atoms with E-state index in [1.807, 2.05) is 12.2 Å². The minimum Gasteiger partial charge on any atom is -0.317 e. The lowest BCUT2D eigenvalue weighted by Gasteiger charge is -2.05. The fraction of sp³-hybridized carbons (Fsp3) is 0.810. The van der Waals surface area contributed by atoms with Crippen LogP contribution in [0.4, 0.5) is 0 Å². The maximum atomic E-state index is 3.76. The smallest absolute Gasteiger partial charge is 0.00489 e. The van der Waals surface area contributed by atoms with E-state index in [-0.39, 0.29) is 0 Å². The van der Waals surface area contributed by atoms with Crippen molar-refractivity contribution in [2.45, 2.75) is 96.3 Å². The summed E-state index contributed by atoms with van der Waals surface area (Å²) in [7, 11) is 0. The molecular formula is C21H41N. The number of unbranched alkanes of at least 4 members (excludes halogenated alkanes) is 13. The van der Waals surface area contributed by atoms with Gasteiger partial charge in [0.1, 0.15) is 0 Å². The minimum absolute atomic E-state index is 1.19. The Balaban J connectivity index is 2.94. The third-order valence-corrected chi connectivity index (χ3v) is 4.27. The van der Waals surface area contributed by atoms with Gasteiger partial charge >= 0.3 is 0 Å². The van der Waals surface area contributed by atoms with Gasteiger partial charge in [-0.3, -0.25) is 0 Å². The van der Waals surface area contributed by atoms with Crippen LogP contribution < -0.4 is 5.32 Å². The van der Waals surface area contributed by atoms with Gasteiger partial charge in [0.05, 0.1) is 0 Å². The highest BCUT2D eigenvalue weighted by Gasteiger charge is 1.93. The van der Waals surface area contributed by atoms with E-state index in [0.717, 1.165) is 0 Å². The summed E-state index contributed by atoms with van der Waals surface area (Å²) in [6.07, 6.45) is 24.4. The van der Waals surface area contributed by atoms with Crippen LogP contribution in [0.3, 0.4) is 0 Å². The molecule has 0 heterocycles. The Labute approximate surface area is 140 Å². The largest absolute Gasteiger partial charge is 0.317 e. The van der Waals surface area contributed by atoms with Gasteiger partial charge in [-0.15, -0.1) is 13.2 Å². The van der Waals surface area contributed by atoms with E-state index < -0.39 is 0 Å². The molecule has 0 rings (SSSR count). The van der Waals surface area contributed by atoms with E-state index >= 15 is 0 Å². The zero-order valence-electron chi connectivity index (χ0n) is 15.1. The van der Waals surface area contributed by atoms with Crippen molar-refractivity contribution in [3.05, 3.63) is 25.3 Å². The van der Waals surface area contributed by atoms with Crippen molar-refractivity contribution in [1.29, 1.82) is 0 Å². The first-order chi connectivity index (χ1) is 10.9. The van der Waals surface area contributed by atoms with E-state index in [9.17, 15) is 0 Å². The summed E-state index contributed by atoms with van der Waals surface area (Å²) in [6, 6.07) is 0. The number of allylic oxidation sites excluding steroid dienone is 2. The molecule has 0 aromatic rings. The molecule has 0 saturated heterocycles. The molecule has 1 nitrogen and oxygen atoms in total. The Bertz CT molecular complexity index is 198. The third kappa shape index (κ3) is 19.4. The molecule has 22 heavy (non-hydrogen) atoms. The standard InChI is InChI=1S/C21H41N/c1-3-5-7-9-11-13-15-17-19-21-22-20-18-16-14-12-10-8-6-4-2/h3-4,22H,1-2,5-21H2.